The Labute approximate surface area is 385 Å². The Morgan fingerprint density at radius 2 is 1.67 bits per heavy atom. The Morgan fingerprint density at radius 3 is 2.46 bits per heavy atom. The highest BCUT2D eigenvalue weighted by Crippen LogP contribution is 2.78. The molecule has 2 aromatic carbocycles. The third-order valence-corrected chi connectivity index (χ3v) is 19.3. The summed E-state index contributed by atoms with van der Waals surface area (Å²) in [6.45, 7) is 1.71. The Kier molecular flexibility index (Phi) is 7.98. The van der Waals surface area contributed by atoms with E-state index in [9.17, 15) is 40.2 Å². The molecule has 8 N–H and O–H groups in total. The van der Waals surface area contributed by atoms with Gasteiger partial charge in [-0.3, -0.25) is 9.59 Å². The maximum atomic E-state index is 15.1. The Morgan fingerprint density at radius 1 is 0.881 bits per heavy atom. The second kappa shape index (κ2) is 13.1. The number of aromatic amines is 1. The van der Waals surface area contributed by atoms with Crippen molar-refractivity contribution in [1.29, 1.82) is 0 Å². The minimum atomic E-state index is -2.45. The highest BCUT2D eigenvalue weighted by Gasteiger charge is 2.79. The molecule has 12 atom stereocenters. The maximum absolute atomic E-state index is 15.1. The average Bonchev–Trinajstić information content (AvgIpc) is 4.12. The van der Waals surface area contributed by atoms with E-state index in [0.717, 1.165) is 68.8 Å². The van der Waals surface area contributed by atoms with Gasteiger partial charge in [0.15, 0.2) is 17.5 Å². The molecule has 7 aliphatic carbocycles. The standard InChI is InChI=1S/C53H53N3O11/c1-23-16-29-36(33(58)17-23)43(61)38-34-19-27-26(37(38)42(29)60)8-14-54-47(27)55-21-35(59)52-24-4-6-31(52)28-18-25(9-15-57)56-41(28)30-20-51(66-34)45(63)44(62)46(64)53(67-51)39(30)40(52)32(7-5-24)50(48(53)65)13-12-49(22-50)10-2-3-11-49/h8,14-20,24,31-32,35,44-46,48,56,58-59,62-65H,2-7,9-13,21-22H2,1H3,(H,54,55)/t24-,31-,32-,35-,44+,45+,46-,48-,50-,51+,52+,53-/m0/s1. The predicted molar refractivity (Wildman–Crippen MR) is 241 cm³/mol. The van der Waals surface area contributed by atoms with Crippen LogP contribution >= 0.6 is 0 Å². The quantitative estimate of drug-likeness (QED) is 0.107. The summed E-state index contributed by atoms with van der Waals surface area (Å²) in [5.74, 6) is -4.67. The lowest BCUT2D eigenvalue weighted by Crippen LogP contribution is -2.80. The smallest absolute Gasteiger partial charge is 0.261 e. The largest absolute Gasteiger partial charge is 0.507 e. The van der Waals surface area contributed by atoms with Crippen molar-refractivity contribution in [3.8, 4) is 11.5 Å². The van der Waals surface area contributed by atoms with Crippen molar-refractivity contribution >= 4 is 40.0 Å². The Hall–Kier alpha value is -5.22. The van der Waals surface area contributed by atoms with Gasteiger partial charge in [0.1, 0.15) is 35.8 Å². The fraction of sp³-hybridized carbons (Fsp3) is 0.509. The molecule has 4 aliphatic heterocycles. The van der Waals surface area contributed by atoms with Gasteiger partial charge in [0.25, 0.3) is 5.79 Å². The minimum absolute atomic E-state index is 0.000156. The van der Waals surface area contributed by atoms with Crippen LogP contribution in [0.4, 0.5) is 5.82 Å². The van der Waals surface area contributed by atoms with Gasteiger partial charge in [0.2, 0.25) is 5.78 Å². The van der Waals surface area contributed by atoms with Crippen LogP contribution in [0.5, 0.6) is 11.5 Å². The van der Waals surface area contributed by atoms with E-state index in [1.165, 1.54) is 12.1 Å². The number of aromatic nitrogens is 2. The molecule has 8 bridgehead atoms. The molecule has 0 radical (unpaired) electrons. The number of aliphatic hydroxyl groups is 5. The number of benzene rings is 2. The van der Waals surface area contributed by atoms with E-state index in [2.05, 4.69) is 10.3 Å². The first-order valence-corrected chi connectivity index (χ1v) is 24.3. The van der Waals surface area contributed by atoms with Crippen LogP contribution in [0.15, 0.2) is 53.8 Å². The number of nitrogens with one attached hydrogen (secondary N) is 2. The number of H-pyrrole nitrogens is 1. The first-order valence-electron chi connectivity index (χ1n) is 24.3. The zero-order valence-electron chi connectivity index (χ0n) is 37.1. The summed E-state index contributed by atoms with van der Waals surface area (Å²) in [5.41, 5.74) is -0.111. The molecule has 5 spiro atoms. The molecule has 15 rings (SSSR count). The van der Waals surface area contributed by atoms with Crippen LogP contribution < -0.4 is 10.1 Å². The topological polar surface area (TPSA) is 232 Å². The summed E-state index contributed by atoms with van der Waals surface area (Å²) in [6, 6.07) is 8.12. The lowest BCUT2D eigenvalue weighted by Gasteiger charge is -2.67. The first kappa shape index (κ1) is 40.8. The molecule has 4 saturated carbocycles. The van der Waals surface area contributed by atoms with E-state index in [0.29, 0.717) is 64.0 Å². The number of nitrogens with zero attached hydrogens (tertiary/aromatic N) is 1. The Bertz CT molecular complexity index is 3040. The molecule has 0 unspecified atom stereocenters. The average molecular weight is 908 g/mol. The fourth-order valence-corrected chi connectivity index (χ4v) is 16.9. The van der Waals surface area contributed by atoms with Gasteiger partial charge in [0.05, 0.1) is 23.3 Å². The number of hydrogen-bond donors (Lipinski definition) is 8. The minimum Gasteiger partial charge on any atom is -0.507 e. The van der Waals surface area contributed by atoms with Gasteiger partial charge in [-0.25, -0.2) is 4.98 Å². The van der Waals surface area contributed by atoms with E-state index in [4.69, 9.17) is 14.5 Å². The van der Waals surface area contributed by atoms with Crippen LogP contribution in [0.1, 0.15) is 131 Å². The highest BCUT2D eigenvalue weighted by molar-refractivity contribution is 6.34. The number of anilines is 1. The highest BCUT2D eigenvalue weighted by atomic mass is 16.7. The number of aliphatic hydroxyl groups excluding tert-OH is 5. The van der Waals surface area contributed by atoms with Crippen molar-refractivity contribution in [3.63, 3.8) is 0 Å². The number of fused-ring (bicyclic) bond motifs is 8. The maximum Gasteiger partial charge on any atom is 0.261 e. The summed E-state index contributed by atoms with van der Waals surface area (Å²) in [5, 5.41) is 81.4. The van der Waals surface area contributed by atoms with Crippen LogP contribution in [0, 0.1) is 35.0 Å². The number of carbonyl (C=O) groups excluding carboxylic acids is 3. The van der Waals surface area contributed by atoms with Crippen LogP contribution in [0.3, 0.4) is 0 Å². The number of ketones is 2. The van der Waals surface area contributed by atoms with Gasteiger partial charge in [-0.1, -0.05) is 12.8 Å². The zero-order chi connectivity index (χ0) is 45.9. The van der Waals surface area contributed by atoms with Gasteiger partial charge >= 0.3 is 0 Å². The van der Waals surface area contributed by atoms with E-state index in [1.54, 1.807) is 31.3 Å². The molecule has 14 heteroatoms. The summed E-state index contributed by atoms with van der Waals surface area (Å²) in [7, 11) is 0. The Balaban J connectivity index is 1.13. The number of aldehydes is 1. The van der Waals surface area contributed by atoms with Crippen molar-refractivity contribution in [3.05, 3.63) is 98.5 Å². The molecule has 6 heterocycles. The summed E-state index contributed by atoms with van der Waals surface area (Å²) in [4.78, 5) is 50.6. The third-order valence-electron chi connectivity index (χ3n) is 19.3. The molecular weight excluding hydrogens is 855 g/mol. The summed E-state index contributed by atoms with van der Waals surface area (Å²) < 4.78 is 14.5. The van der Waals surface area contributed by atoms with E-state index >= 15 is 4.79 Å². The number of ether oxygens (including phenoxy) is 2. The second-order valence-electron chi connectivity index (χ2n) is 22.0. The SMILES string of the molecule is Cc1cc(O)c2c(c1)C(=O)c1c(c3cc4c(nccc14)NC[C@H](O)[C@@]14C5=C6C7=C[C@@]8(O3)O[C@@]6([C@@H](O)[C@H](O)[C@H]8O)[C@@H](O)[C@]3(CCC6(CCCC6)C3)[C@H]5CC[C@@H]1CC[C@H]4c1cc(CC=O)[nH]c17)C2=O. The van der Waals surface area contributed by atoms with Gasteiger partial charge in [-0.05, 0) is 152 Å². The summed E-state index contributed by atoms with van der Waals surface area (Å²) >= 11 is 0. The number of aryl methyl sites for hydroxylation is 1. The molecule has 2 aromatic heterocycles. The second-order valence-corrected chi connectivity index (χ2v) is 22.0. The van der Waals surface area contributed by atoms with Gasteiger partial charge < -0.3 is 55.2 Å². The normalized spacial score (nSPS) is 39.0. The van der Waals surface area contributed by atoms with Gasteiger partial charge in [-0.15, -0.1) is 0 Å². The van der Waals surface area contributed by atoms with E-state index in [1.807, 2.05) is 6.07 Å². The van der Waals surface area contributed by atoms with Crippen LogP contribution in [-0.4, -0.2) is 107 Å². The van der Waals surface area contributed by atoms with Gasteiger partial charge in [-0.2, -0.15) is 0 Å². The van der Waals surface area contributed by atoms with Crippen molar-refractivity contribution in [1.82, 2.24) is 9.97 Å². The van der Waals surface area contributed by atoms with Crippen LogP contribution in [-0.2, 0) is 16.0 Å². The number of phenolic OH excluding ortho intramolecular Hbond substituents is 1. The number of hydrogen-bond acceptors (Lipinski definition) is 13. The third kappa shape index (κ3) is 4.64. The molecule has 67 heavy (non-hydrogen) atoms. The molecular formula is C53H53N3O11. The monoisotopic (exact) mass is 907 g/mol. The number of phenols is 1. The fourth-order valence-electron chi connectivity index (χ4n) is 16.9. The molecule has 0 amide bonds. The number of aromatic hydroxyl groups is 1. The molecule has 5 fully saturated rings. The van der Waals surface area contributed by atoms with Crippen molar-refractivity contribution in [2.24, 2.45) is 28.1 Å². The van der Waals surface area contributed by atoms with Crippen molar-refractivity contribution in [2.75, 3.05) is 11.9 Å². The van der Waals surface area contributed by atoms with Crippen molar-refractivity contribution < 1.29 is 54.5 Å². The summed E-state index contributed by atoms with van der Waals surface area (Å²) in [6.07, 6.45) is 4.83. The van der Waals surface area contributed by atoms with Crippen molar-refractivity contribution in [2.45, 2.75) is 132 Å². The molecule has 14 nitrogen and oxygen atoms in total. The number of rotatable bonds is 2. The van der Waals surface area contributed by atoms with Crippen LogP contribution in [0.25, 0.3) is 16.3 Å². The van der Waals surface area contributed by atoms with E-state index < -0.39 is 70.1 Å². The van der Waals surface area contributed by atoms with E-state index in [-0.39, 0.29) is 64.1 Å². The number of carbonyl (C=O) groups is 3. The predicted octanol–water partition coefficient (Wildman–Crippen LogP) is 5.21. The molecule has 11 aliphatic rings. The molecule has 4 aromatic rings. The lowest BCUT2D eigenvalue weighted by molar-refractivity contribution is -0.369. The first-order chi connectivity index (χ1) is 32.2. The number of pyridine rings is 1. The lowest BCUT2D eigenvalue weighted by atomic mass is 9.42. The molecule has 1 saturated heterocycles. The van der Waals surface area contributed by atoms with Gasteiger partial charge in [0, 0.05) is 63.5 Å². The molecule has 346 valence electrons. The zero-order valence-corrected chi connectivity index (χ0v) is 37.1. The van der Waals surface area contributed by atoms with Crippen LogP contribution in [0.2, 0.25) is 0 Å².